The fraction of sp³-hybridized carbons (Fsp3) is 0.133. The standard InChI is InChI=1S/C15H13F2NO3S2/c1-9(19)10-3-5-13(18-23(2,20)21)15(7-10)22-14-6-4-11(16)8-12(14)17/h3-8,18H,1-2H3. The van der Waals surface area contributed by atoms with E-state index in [1.54, 1.807) is 0 Å². The van der Waals surface area contributed by atoms with Gasteiger partial charge in [-0.05, 0) is 37.3 Å². The van der Waals surface area contributed by atoms with E-state index in [0.29, 0.717) is 10.5 Å². The number of hydrogen-bond acceptors (Lipinski definition) is 4. The van der Waals surface area contributed by atoms with Crippen molar-refractivity contribution in [2.24, 2.45) is 0 Å². The molecule has 0 fully saturated rings. The number of sulfonamides is 1. The van der Waals surface area contributed by atoms with Gasteiger partial charge in [0.2, 0.25) is 10.0 Å². The molecule has 0 saturated heterocycles. The summed E-state index contributed by atoms with van der Waals surface area (Å²) < 4.78 is 51.9. The molecule has 0 amide bonds. The van der Waals surface area contributed by atoms with Crippen molar-refractivity contribution in [1.29, 1.82) is 0 Å². The molecule has 0 atom stereocenters. The summed E-state index contributed by atoms with van der Waals surface area (Å²) >= 11 is 0.901. The molecule has 0 radical (unpaired) electrons. The van der Waals surface area contributed by atoms with Crippen LogP contribution in [0, 0.1) is 11.6 Å². The summed E-state index contributed by atoms with van der Waals surface area (Å²) in [7, 11) is -3.54. The second-order valence-electron chi connectivity index (χ2n) is 4.82. The normalized spacial score (nSPS) is 11.3. The zero-order valence-electron chi connectivity index (χ0n) is 12.3. The molecule has 8 heteroatoms. The fourth-order valence-electron chi connectivity index (χ4n) is 1.79. The Morgan fingerprint density at radius 1 is 1.09 bits per heavy atom. The Kier molecular flexibility index (Phi) is 5.06. The molecule has 0 aliphatic heterocycles. The van der Waals surface area contributed by atoms with Gasteiger partial charge in [-0.1, -0.05) is 11.8 Å². The van der Waals surface area contributed by atoms with E-state index in [9.17, 15) is 22.0 Å². The number of carbonyl (C=O) groups is 1. The summed E-state index contributed by atoms with van der Waals surface area (Å²) in [5.41, 5.74) is 0.570. The van der Waals surface area contributed by atoms with Crippen LogP contribution >= 0.6 is 11.8 Å². The lowest BCUT2D eigenvalue weighted by Crippen LogP contribution is -2.10. The summed E-state index contributed by atoms with van der Waals surface area (Å²) in [6, 6.07) is 7.45. The van der Waals surface area contributed by atoms with E-state index < -0.39 is 21.7 Å². The van der Waals surface area contributed by atoms with E-state index in [4.69, 9.17) is 0 Å². The number of nitrogens with one attached hydrogen (secondary N) is 1. The van der Waals surface area contributed by atoms with Crippen molar-refractivity contribution in [3.63, 3.8) is 0 Å². The van der Waals surface area contributed by atoms with Crippen molar-refractivity contribution < 1.29 is 22.0 Å². The highest BCUT2D eigenvalue weighted by Gasteiger charge is 2.14. The number of carbonyl (C=O) groups excluding carboxylic acids is 1. The number of anilines is 1. The number of ketones is 1. The molecule has 23 heavy (non-hydrogen) atoms. The van der Waals surface area contributed by atoms with Crippen LogP contribution in [-0.4, -0.2) is 20.5 Å². The minimum absolute atomic E-state index is 0.114. The average molecular weight is 357 g/mol. The zero-order chi connectivity index (χ0) is 17.2. The minimum atomic E-state index is -3.54. The van der Waals surface area contributed by atoms with E-state index >= 15 is 0 Å². The maximum absolute atomic E-state index is 13.8. The van der Waals surface area contributed by atoms with Gasteiger partial charge in [0.05, 0.1) is 11.9 Å². The van der Waals surface area contributed by atoms with Crippen molar-refractivity contribution in [3.05, 3.63) is 53.6 Å². The van der Waals surface area contributed by atoms with Gasteiger partial charge < -0.3 is 0 Å². The molecule has 2 aromatic rings. The Morgan fingerprint density at radius 3 is 2.35 bits per heavy atom. The maximum atomic E-state index is 13.8. The molecule has 0 aliphatic carbocycles. The summed E-state index contributed by atoms with van der Waals surface area (Å²) in [6.45, 7) is 1.37. The molecule has 0 bridgehead atoms. The van der Waals surface area contributed by atoms with Gasteiger partial charge in [0, 0.05) is 21.4 Å². The van der Waals surface area contributed by atoms with Crippen molar-refractivity contribution >= 4 is 33.3 Å². The van der Waals surface area contributed by atoms with Crippen LogP contribution in [-0.2, 0) is 10.0 Å². The topological polar surface area (TPSA) is 63.2 Å². The summed E-state index contributed by atoms with van der Waals surface area (Å²) in [6.07, 6.45) is 0.985. The second-order valence-corrected chi connectivity index (χ2v) is 7.65. The van der Waals surface area contributed by atoms with Gasteiger partial charge >= 0.3 is 0 Å². The number of hydrogen-bond donors (Lipinski definition) is 1. The van der Waals surface area contributed by atoms with Crippen molar-refractivity contribution in [3.8, 4) is 0 Å². The van der Waals surface area contributed by atoms with Crippen LogP contribution in [0.3, 0.4) is 0 Å². The van der Waals surface area contributed by atoms with Crippen molar-refractivity contribution in [1.82, 2.24) is 0 Å². The van der Waals surface area contributed by atoms with Gasteiger partial charge in [0.15, 0.2) is 5.78 Å². The fourth-order valence-corrected chi connectivity index (χ4v) is 3.37. The summed E-state index contributed by atoms with van der Waals surface area (Å²) in [4.78, 5) is 11.9. The Morgan fingerprint density at radius 2 is 1.78 bits per heavy atom. The SMILES string of the molecule is CC(=O)c1ccc(NS(C)(=O)=O)c(Sc2ccc(F)cc2F)c1. The molecule has 0 saturated carbocycles. The Labute approximate surface area is 137 Å². The molecule has 0 aromatic heterocycles. The highest BCUT2D eigenvalue weighted by atomic mass is 32.2. The third-order valence-electron chi connectivity index (χ3n) is 2.80. The van der Waals surface area contributed by atoms with Gasteiger partial charge in [0.25, 0.3) is 0 Å². The van der Waals surface area contributed by atoms with Crippen LogP contribution in [0.5, 0.6) is 0 Å². The van der Waals surface area contributed by atoms with Gasteiger partial charge in [-0.2, -0.15) is 0 Å². The van der Waals surface area contributed by atoms with Crippen LogP contribution < -0.4 is 4.72 Å². The van der Waals surface area contributed by atoms with Crippen LogP contribution in [0.4, 0.5) is 14.5 Å². The van der Waals surface area contributed by atoms with E-state index in [1.807, 2.05) is 0 Å². The largest absolute Gasteiger partial charge is 0.295 e. The van der Waals surface area contributed by atoms with Crippen LogP contribution in [0.25, 0.3) is 0 Å². The van der Waals surface area contributed by atoms with Crippen LogP contribution in [0.1, 0.15) is 17.3 Å². The Bertz CT molecular complexity index is 867. The number of benzene rings is 2. The molecule has 0 spiro atoms. The molecule has 0 unspecified atom stereocenters. The van der Waals surface area contributed by atoms with Crippen molar-refractivity contribution in [2.45, 2.75) is 16.7 Å². The lowest BCUT2D eigenvalue weighted by Gasteiger charge is -2.12. The summed E-state index contributed by atoms with van der Waals surface area (Å²) in [5, 5.41) is 0. The Hall–Kier alpha value is -1.93. The predicted molar refractivity (Wildman–Crippen MR) is 85.4 cm³/mol. The zero-order valence-corrected chi connectivity index (χ0v) is 13.9. The molecule has 122 valence electrons. The minimum Gasteiger partial charge on any atom is -0.295 e. The lowest BCUT2D eigenvalue weighted by atomic mass is 10.1. The molecular weight excluding hydrogens is 344 g/mol. The smallest absolute Gasteiger partial charge is 0.229 e. The number of rotatable bonds is 5. The first-order chi connectivity index (χ1) is 10.7. The van der Waals surface area contributed by atoms with Gasteiger partial charge in [-0.25, -0.2) is 17.2 Å². The Balaban J connectivity index is 2.48. The molecule has 2 aromatic carbocycles. The van der Waals surface area contributed by atoms with Crippen molar-refractivity contribution in [2.75, 3.05) is 11.0 Å². The monoisotopic (exact) mass is 357 g/mol. The quantitative estimate of drug-likeness (QED) is 0.829. The number of Topliss-reactive ketones (excluding diaryl/α,β-unsaturated/α-hetero) is 1. The maximum Gasteiger partial charge on any atom is 0.229 e. The highest BCUT2D eigenvalue weighted by molar-refractivity contribution is 7.99. The predicted octanol–water partition coefficient (Wildman–Crippen LogP) is 3.69. The molecule has 0 heterocycles. The highest BCUT2D eigenvalue weighted by Crippen LogP contribution is 2.36. The van der Waals surface area contributed by atoms with Gasteiger partial charge in [-0.15, -0.1) is 0 Å². The van der Waals surface area contributed by atoms with E-state index in [0.717, 1.165) is 30.2 Å². The number of halogens is 2. The lowest BCUT2D eigenvalue weighted by molar-refractivity contribution is 0.101. The third kappa shape index (κ3) is 4.77. The van der Waals surface area contributed by atoms with E-state index in [2.05, 4.69) is 4.72 Å². The van der Waals surface area contributed by atoms with Crippen LogP contribution in [0.2, 0.25) is 0 Å². The molecular formula is C15H13F2NO3S2. The molecule has 0 aliphatic rings. The van der Waals surface area contributed by atoms with E-state index in [1.165, 1.54) is 31.2 Å². The van der Waals surface area contributed by atoms with Gasteiger partial charge in [-0.3, -0.25) is 9.52 Å². The van der Waals surface area contributed by atoms with Gasteiger partial charge in [0.1, 0.15) is 11.6 Å². The first kappa shape index (κ1) is 17.4. The average Bonchev–Trinajstić information content (AvgIpc) is 2.41. The van der Waals surface area contributed by atoms with Crippen LogP contribution in [0.15, 0.2) is 46.2 Å². The second kappa shape index (κ2) is 6.67. The molecule has 4 nitrogen and oxygen atoms in total. The van der Waals surface area contributed by atoms with E-state index in [-0.39, 0.29) is 16.4 Å². The summed E-state index contributed by atoms with van der Waals surface area (Å²) in [5.74, 6) is -1.69. The molecule has 2 rings (SSSR count). The first-order valence-corrected chi connectivity index (χ1v) is 9.12. The third-order valence-corrected chi connectivity index (χ3v) is 4.50. The molecule has 1 N–H and O–H groups in total. The first-order valence-electron chi connectivity index (χ1n) is 6.41.